The Morgan fingerprint density at radius 2 is 2.02 bits per heavy atom. The van der Waals surface area contributed by atoms with Crippen LogP contribution in [-0.2, 0) is 13.2 Å². The summed E-state index contributed by atoms with van der Waals surface area (Å²) < 4.78 is 8.75. The average Bonchev–Trinajstić information content (AvgIpc) is 3.75. The van der Waals surface area contributed by atoms with E-state index in [4.69, 9.17) is 15.5 Å². The second-order valence-corrected chi connectivity index (χ2v) is 13.4. The van der Waals surface area contributed by atoms with Crippen LogP contribution in [0.2, 0.25) is 0 Å². The van der Waals surface area contributed by atoms with Crippen molar-refractivity contribution < 1.29 is 14.6 Å². The summed E-state index contributed by atoms with van der Waals surface area (Å²) in [7, 11) is 0. The molecule has 0 saturated carbocycles. The Balaban J connectivity index is 1.27. The Bertz CT molecular complexity index is 1430. The van der Waals surface area contributed by atoms with E-state index in [1.54, 1.807) is 12.1 Å². The number of imidazole rings is 1. The van der Waals surface area contributed by atoms with Crippen LogP contribution >= 0.6 is 23.5 Å². The zero-order valence-electron chi connectivity index (χ0n) is 23.9. The van der Waals surface area contributed by atoms with Crippen LogP contribution in [0.1, 0.15) is 61.3 Å². The maximum Gasteiger partial charge on any atom is 0.256 e. The number of nitrogens with zero attached hydrogens (tertiary/aromatic N) is 3. The molecular formula is C32H40N4O3S2. The molecule has 3 N–H and O–H groups in total. The monoisotopic (exact) mass is 592 g/mol. The highest BCUT2D eigenvalue weighted by Gasteiger charge is 2.36. The first-order valence-corrected chi connectivity index (χ1v) is 16.7. The molecule has 3 aromatic rings. The highest BCUT2D eigenvalue weighted by molar-refractivity contribution is 8.17. The molecule has 7 nitrogen and oxygen atoms in total. The minimum atomic E-state index is -0.225. The van der Waals surface area contributed by atoms with E-state index >= 15 is 0 Å². The molecular weight excluding hydrogens is 553 g/mol. The molecule has 0 bridgehead atoms. The van der Waals surface area contributed by atoms with E-state index < -0.39 is 0 Å². The molecule has 0 unspecified atom stereocenters. The third kappa shape index (κ3) is 6.47. The Kier molecular flexibility index (Phi) is 10.0. The van der Waals surface area contributed by atoms with Gasteiger partial charge in [0.05, 0.1) is 40.4 Å². The standard InChI is InChI=1S/C32H40N4O3S2/c1-3-40-32(41-4-2)28-15-9-16-36(28)31(38)24-19-23(21-37)29(20-25(24)33)39-18-10-17-35-27-14-8-7-13-26(27)34-30(35)22-11-5-6-12-22/h5-8,11,13-14,19-20,28,32,37H,3-4,9-10,12,15-18,21,33H2,1-2H3/t28-/m0/s1. The van der Waals surface area contributed by atoms with Gasteiger partial charge < -0.3 is 25.0 Å². The molecule has 1 aromatic heterocycles. The molecule has 1 amide bonds. The minimum absolute atomic E-state index is 0.0557. The lowest BCUT2D eigenvalue weighted by Crippen LogP contribution is -2.41. The Hall–Kier alpha value is -2.88. The first kappa shape index (κ1) is 29.6. The maximum absolute atomic E-state index is 13.7. The molecule has 41 heavy (non-hydrogen) atoms. The lowest BCUT2D eigenvalue weighted by Gasteiger charge is -2.31. The summed E-state index contributed by atoms with van der Waals surface area (Å²) in [6.07, 6.45) is 9.99. The van der Waals surface area contributed by atoms with Crippen LogP contribution in [0.4, 0.5) is 5.69 Å². The molecule has 1 fully saturated rings. The van der Waals surface area contributed by atoms with Crippen LogP contribution in [-0.4, -0.2) is 60.7 Å². The van der Waals surface area contributed by atoms with E-state index in [1.807, 2.05) is 46.6 Å². The molecule has 2 aromatic carbocycles. The number of ether oxygens (including phenoxy) is 1. The van der Waals surface area contributed by atoms with E-state index in [-0.39, 0.29) is 18.6 Å². The van der Waals surface area contributed by atoms with E-state index in [1.165, 1.54) is 5.57 Å². The summed E-state index contributed by atoms with van der Waals surface area (Å²) in [4.78, 5) is 20.6. The van der Waals surface area contributed by atoms with Gasteiger partial charge in [-0.25, -0.2) is 4.98 Å². The molecule has 1 aliphatic heterocycles. The van der Waals surface area contributed by atoms with E-state index in [9.17, 15) is 9.90 Å². The molecule has 1 saturated heterocycles. The number of anilines is 1. The molecule has 2 aliphatic rings. The smallest absolute Gasteiger partial charge is 0.256 e. The number of fused-ring (bicyclic) bond motifs is 1. The van der Waals surface area contributed by atoms with E-state index in [0.717, 1.165) is 67.1 Å². The van der Waals surface area contributed by atoms with Gasteiger partial charge in [-0.3, -0.25) is 4.79 Å². The number of aromatic nitrogens is 2. The number of hydrogen-bond donors (Lipinski definition) is 2. The SMILES string of the molecule is CCSC(SCC)[C@@H]1CCCN1C(=O)c1cc(CO)c(OCCCn2c(C3=CC=CC3)nc3ccccc32)cc1N. The highest BCUT2D eigenvalue weighted by atomic mass is 32.2. The number of allylic oxidation sites excluding steroid dienone is 4. The number of benzene rings is 2. The van der Waals surface area contributed by atoms with Crippen LogP contribution in [0.5, 0.6) is 5.75 Å². The number of hydrogen-bond acceptors (Lipinski definition) is 7. The van der Waals surface area contributed by atoms with Gasteiger partial charge in [0.15, 0.2) is 0 Å². The van der Waals surface area contributed by atoms with Crippen LogP contribution in [0.3, 0.4) is 0 Å². The van der Waals surface area contributed by atoms with Crippen molar-refractivity contribution >= 4 is 51.7 Å². The lowest BCUT2D eigenvalue weighted by molar-refractivity contribution is 0.0746. The third-order valence-corrected chi connectivity index (χ3v) is 10.4. The normalized spacial score (nSPS) is 16.7. The Labute approximate surface area is 251 Å². The van der Waals surface area contributed by atoms with Crippen molar-refractivity contribution in [1.82, 2.24) is 14.5 Å². The van der Waals surface area contributed by atoms with Crippen molar-refractivity contribution in [3.05, 3.63) is 71.6 Å². The van der Waals surface area contributed by atoms with Gasteiger partial charge in [-0.05, 0) is 61.0 Å². The topological polar surface area (TPSA) is 93.6 Å². The summed E-state index contributed by atoms with van der Waals surface area (Å²) in [6.45, 7) is 6.04. The minimum Gasteiger partial charge on any atom is -0.493 e. The zero-order chi connectivity index (χ0) is 28.8. The fraction of sp³-hybridized carbons (Fsp3) is 0.438. The first-order chi connectivity index (χ1) is 20.0. The van der Waals surface area contributed by atoms with E-state index in [2.05, 4.69) is 42.7 Å². The van der Waals surface area contributed by atoms with Crippen molar-refractivity contribution in [2.75, 3.05) is 30.4 Å². The van der Waals surface area contributed by atoms with Gasteiger partial charge in [-0.2, -0.15) is 0 Å². The largest absolute Gasteiger partial charge is 0.493 e. The van der Waals surface area contributed by atoms with Crippen molar-refractivity contribution in [1.29, 1.82) is 0 Å². The fourth-order valence-corrected chi connectivity index (χ4v) is 8.60. The summed E-state index contributed by atoms with van der Waals surface area (Å²) in [5, 5.41) is 10.2. The number of nitrogens with two attached hydrogens (primary N) is 1. The van der Waals surface area contributed by atoms with Crippen molar-refractivity contribution in [3.8, 4) is 5.75 Å². The first-order valence-electron chi connectivity index (χ1n) is 14.6. The van der Waals surface area contributed by atoms with Gasteiger partial charge in [-0.15, -0.1) is 23.5 Å². The number of aryl methyl sites for hydroxylation is 1. The molecule has 2 heterocycles. The quantitative estimate of drug-likeness (QED) is 0.136. The number of aliphatic hydroxyl groups excluding tert-OH is 1. The van der Waals surface area contributed by atoms with Crippen molar-refractivity contribution in [2.45, 2.75) is 63.3 Å². The van der Waals surface area contributed by atoms with E-state index in [0.29, 0.717) is 33.8 Å². The second-order valence-electron chi connectivity index (χ2n) is 10.3. The molecule has 1 aliphatic carbocycles. The number of amides is 1. The van der Waals surface area contributed by atoms with Gasteiger partial charge >= 0.3 is 0 Å². The summed E-state index contributed by atoms with van der Waals surface area (Å²) in [6, 6.07) is 11.8. The average molecular weight is 593 g/mol. The summed E-state index contributed by atoms with van der Waals surface area (Å²) >= 11 is 3.83. The van der Waals surface area contributed by atoms with Crippen molar-refractivity contribution in [2.24, 2.45) is 0 Å². The number of aliphatic hydroxyl groups is 1. The van der Waals surface area contributed by atoms with Gasteiger partial charge in [0.1, 0.15) is 11.6 Å². The van der Waals surface area contributed by atoms with Crippen LogP contribution in [0.15, 0.2) is 54.6 Å². The molecule has 1 atom stereocenters. The number of thioether (sulfide) groups is 2. The number of rotatable bonds is 13. The fourth-order valence-electron chi connectivity index (χ4n) is 5.73. The molecule has 0 spiro atoms. The predicted molar refractivity (Wildman–Crippen MR) is 172 cm³/mol. The number of carbonyl (C=O) groups excluding carboxylic acids is 1. The van der Waals surface area contributed by atoms with Gasteiger partial charge in [-0.1, -0.05) is 44.2 Å². The molecule has 9 heteroatoms. The number of carbonyl (C=O) groups is 1. The van der Waals surface area contributed by atoms with Crippen LogP contribution in [0, 0.1) is 0 Å². The van der Waals surface area contributed by atoms with Crippen LogP contribution < -0.4 is 10.5 Å². The molecule has 218 valence electrons. The Morgan fingerprint density at radius 1 is 1.22 bits per heavy atom. The van der Waals surface area contributed by atoms with Gasteiger partial charge in [0.2, 0.25) is 0 Å². The predicted octanol–water partition coefficient (Wildman–Crippen LogP) is 6.36. The van der Waals surface area contributed by atoms with Gasteiger partial charge in [0, 0.05) is 30.4 Å². The molecule has 0 radical (unpaired) electrons. The van der Waals surface area contributed by atoms with Crippen LogP contribution in [0.25, 0.3) is 16.6 Å². The van der Waals surface area contributed by atoms with Crippen molar-refractivity contribution in [3.63, 3.8) is 0 Å². The summed E-state index contributed by atoms with van der Waals surface area (Å²) in [5.74, 6) is 3.51. The lowest BCUT2D eigenvalue weighted by atomic mass is 10.1. The molecule has 5 rings (SSSR count). The second kappa shape index (κ2) is 13.9. The highest BCUT2D eigenvalue weighted by Crippen LogP contribution is 2.37. The van der Waals surface area contributed by atoms with Gasteiger partial charge in [0.25, 0.3) is 5.91 Å². The Morgan fingerprint density at radius 3 is 2.76 bits per heavy atom. The third-order valence-electron chi connectivity index (χ3n) is 7.67. The maximum atomic E-state index is 13.7. The number of likely N-dealkylation sites (tertiary alicyclic amines) is 1. The summed E-state index contributed by atoms with van der Waals surface area (Å²) in [5.41, 5.74) is 11.2. The zero-order valence-corrected chi connectivity index (χ0v) is 25.6. The number of para-hydroxylation sites is 2. The number of nitrogen functional groups attached to an aromatic ring is 1.